The second-order valence-corrected chi connectivity index (χ2v) is 5.63. The van der Waals surface area contributed by atoms with Gasteiger partial charge in [0.25, 0.3) is 0 Å². The first kappa shape index (κ1) is 10.2. The van der Waals surface area contributed by atoms with Crippen molar-refractivity contribution in [3.63, 3.8) is 0 Å². The number of aromatic nitrogens is 2. The van der Waals surface area contributed by atoms with Crippen molar-refractivity contribution in [1.29, 1.82) is 0 Å². The lowest BCUT2D eigenvalue weighted by molar-refractivity contribution is 0.621. The van der Waals surface area contributed by atoms with E-state index in [0.29, 0.717) is 5.92 Å². The van der Waals surface area contributed by atoms with E-state index in [1.807, 2.05) is 6.20 Å². The lowest BCUT2D eigenvalue weighted by Gasteiger charge is -2.20. The first-order valence-corrected chi connectivity index (χ1v) is 7.02. The fourth-order valence-electron chi connectivity index (χ4n) is 2.43. The van der Waals surface area contributed by atoms with Gasteiger partial charge < -0.3 is 4.40 Å². The highest BCUT2D eigenvalue weighted by molar-refractivity contribution is 7.99. The minimum atomic E-state index is 0.642. The van der Waals surface area contributed by atoms with E-state index in [4.69, 9.17) is 0 Å². The molecule has 1 aliphatic heterocycles. The van der Waals surface area contributed by atoms with Crippen molar-refractivity contribution in [3.8, 4) is 0 Å². The van der Waals surface area contributed by atoms with E-state index in [1.165, 1.54) is 41.3 Å². The first-order valence-electron chi connectivity index (χ1n) is 5.86. The number of fused-ring (bicyclic) bond motifs is 1. The van der Waals surface area contributed by atoms with E-state index >= 15 is 0 Å². The molecule has 0 radical (unpaired) electrons. The standard InChI is InChI=1S/C13H16N2S/c1-10-4-2-6-15-12(10)8-14-13(15)11-5-3-7-16-9-11/h2,4,6,8,11H,3,5,7,9H2,1H3. The van der Waals surface area contributed by atoms with Crippen molar-refractivity contribution in [2.24, 2.45) is 0 Å². The van der Waals surface area contributed by atoms with Gasteiger partial charge >= 0.3 is 0 Å². The van der Waals surface area contributed by atoms with E-state index in [-0.39, 0.29) is 0 Å². The van der Waals surface area contributed by atoms with E-state index in [9.17, 15) is 0 Å². The van der Waals surface area contributed by atoms with Gasteiger partial charge in [0, 0.05) is 17.9 Å². The molecule has 1 fully saturated rings. The molecule has 1 atom stereocenters. The van der Waals surface area contributed by atoms with E-state index in [0.717, 1.165) is 0 Å². The van der Waals surface area contributed by atoms with Crippen molar-refractivity contribution < 1.29 is 0 Å². The van der Waals surface area contributed by atoms with Crippen LogP contribution < -0.4 is 0 Å². The average Bonchev–Trinajstić information content (AvgIpc) is 2.75. The first-order chi connectivity index (χ1) is 7.86. The summed E-state index contributed by atoms with van der Waals surface area (Å²) in [5, 5.41) is 0. The van der Waals surface area contributed by atoms with Crippen LogP contribution in [-0.4, -0.2) is 20.9 Å². The quantitative estimate of drug-likeness (QED) is 0.751. The van der Waals surface area contributed by atoms with Crippen LogP contribution in [0, 0.1) is 6.92 Å². The Balaban J connectivity index is 2.06. The van der Waals surface area contributed by atoms with Crippen LogP contribution in [0.15, 0.2) is 24.5 Å². The van der Waals surface area contributed by atoms with Gasteiger partial charge in [-0.15, -0.1) is 0 Å². The molecule has 2 nitrogen and oxygen atoms in total. The summed E-state index contributed by atoms with van der Waals surface area (Å²) in [5.41, 5.74) is 2.57. The molecule has 1 saturated heterocycles. The smallest absolute Gasteiger partial charge is 0.117 e. The molecular formula is C13H16N2S. The van der Waals surface area contributed by atoms with Gasteiger partial charge in [0.1, 0.15) is 5.82 Å². The summed E-state index contributed by atoms with van der Waals surface area (Å²) in [4.78, 5) is 4.63. The molecule has 0 aliphatic carbocycles. The average molecular weight is 232 g/mol. The van der Waals surface area contributed by atoms with Gasteiger partial charge in [0.15, 0.2) is 0 Å². The highest BCUT2D eigenvalue weighted by atomic mass is 32.2. The lowest BCUT2D eigenvalue weighted by Crippen LogP contribution is -2.12. The van der Waals surface area contributed by atoms with E-state index < -0.39 is 0 Å². The Hall–Kier alpha value is -0.960. The van der Waals surface area contributed by atoms with Crippen molar-refractivity contribution in [3.05, 3.63) is 35.9 Å². The van der Waals surface area contributed by atoms with Gasteiger partial charge in [-0.1, -0.05) is 6.07 Å². The highest BCUT2D eigenvalue weighted by Gasteiger charge is 2.20. The van der Waals surface area contributed by atoms with Gasteiger partial charge in [0.2, 0.25) is 0 Å². The molecule has 0 amide bonds. The molecule has 2 aromatic heterocycles. The van der Waals surface area contributed by atoms with Crippen LogP contribution >= 0.6 is 11.8 Å². The summed E-state index contributed by atoms with van der Waals surface area (Å²) in [6, 6.07) is 4.26. The Morgan fingerprint density at radius 3 is 3.25 bits per heavy atom. The number of imidazole rings is 1. The van der Waals surface area contributed by atoms with Crippen molar-refractivity contribution >= 4 is 17.3 Å². The van der Waals surface area contributed by atoms with Crippen LogP contribution in [0.3, 0.4) is 0 Å². The molecule has 84 valence electrons. The van der Waals surface area contributed by atoms with E-state index in [1.54, 1.807) is 0 Å². The summed E-state index contributed by atoms with van der Waals surface area (Å²) < 4.78 is 2.27. The highest BCUT2D eigenvalue weighted by Crippen LogP contribution is 2.31. The summed E-state index contributed by atoms with van der Waals surface area (Å²) in [6.07, 6.45) is 6.78. The van der Waals surface area contributed by atoms with Gasteiger partial charge in [0.05, 0.1) is 11.7 Å². The zero-order valence-corrected chi connectivity index (χ0v) is 10.3. The summed E-state index contributed by atoms with van der Waals surface area (Å²) in [6.45, 7) is 2.15. The third kappa shape index (κ3) is 1.63. The van der Waals surface area contributed by atoms with Crippen LogP contribution in [0.1, 0.15) is 30.1 Å². The third-order valence-electron chi connectivity index (χ3n) is 3.34. The second kappa shape index (κ2) is 4.13. The molecule has 16 heavy (non-hydrogen) atoms. The molecule has 0 saturated carbocycles. The molecular weight excluding hydrogens is 216 g/mol. The number of pyridine rings is 1. The molecule has 1 unspecified atom stereocenters. The Labute approximate surface area is 100 Å². The van der Waals surface area contributed by atoms with Gasteiger partial charge in [-0.2, -0.15) is 11.8 Å². The SMILES string of the molecule is Cc1cccn2c(C3CCCSC3)ncc12. The van der Waals surface area contributed by atoms with Crippen molar-refractivity contribution in [1.82, 2.24) is 9.38 Å². The van der Waals surface area contributed by atoms with Crippen LogP contribution in [0.4, 0.5) is 0 Å². The Kier molecular flexibility index (Phi) is 2.64. The summed E-state index contributed by atoms with van der Waals surface area (Å²) >= 11 is 2.06. The number of nitrogens with zero attached hydrogens (tertiary/aromatic N) is 2. The number of rotatable bonds is 1. The molecule has 1 aliphatic rings. The predicted molar refractivity (Wildman–Crippen MR) is 69.2 cm³/mol. The minimum Gasteiger partial charge on any atom is -0.303 e. The third-order valence-corrected chi connectivity index (χ3v) is 4.55. The maximum absolute atomic E-state index is 4.63. The molecule has 2 aromatic rings. The molecule has 0 bridgehead atoms. The maximum atomic E-state index is 4.63. The summed E-state index contributed by atoms with van der Waals surface area (Å²) in [7, 11) is 0. The van der Waals surface area contributed by atoms with Crippen LogP contribution in [0.25, 0.3) is 5.52 Å². The molecule has 3 heteroatoms. The fourth-order valence-corrected chi connectivity index (χ4v) is 3.57. The second-order valence-electron chi connectivity index (χ2n) is 4.48. The number of hydrogen-bond donors (Lipinski definition) is 0. The zero-order valence-electron chi connectivity index (χ0n) is 9.52. The normalized spacial score (nSPS) is 21.4. The Morgan fingerprint density at radius 1 is 1.50 bits per heavy atom. The van der Waals surface area contributed by atoms with Gasteiger partial charge in [-0.3, -0.25) is 0 Å². The molecule has 0 N–H and O–H groups in total. The monoisotopic (exact) mass is 232 g/mol. The van der Waals surface area contributed by atoms with Gasteiger partial charge in [-0.25, -0.2) is 4.98 Å². The molecule has 3 rings (SSSR count). The van der Waals surface area contributed by atoms with Crippen LogP contribution in [-0.2, 0) is 0 Å². The van der Waals surface area contributed by atoms with Crippen molar-refractivity contribution in [2.75, 3.05) is 11.5 Å². The van der Waals surface area contributed by atoms with Crippen LogP contribution in [0.2, 0.25) is 0 Å². The number of hydrogen-bond acceptors (Lipinski definition) is 2. The predicted octanol–water partition coefficient (Wildman–Crippen LogP) is 3.25. The minimum absolute atomic E-state index is 0.642. The molecule has 3 heterocycles. The lowest BCUT2D eigenvalue weighted by atomic mass is 10.0. The Bertz CT molecular complexity index is 498. The van der Waals surface area contributed by atoms with Gasteiger partial charge in [-0.05, 0) is 37.1 Å². The van der Waals surface area contributed by atoms with Crippen molar-refractivity contribution in [2.45, 2.75) is 25.7 Å². The van der Waals surface area contributed by atoms with Crippen LogP contribution in [0.5, 0.6) is 0 Å². The Morgan fingerprint density at radius 2 is 2.44 bits per heavy atom. The fraction of sp³-hybridized carbons (Fsp3) is 0.462. The molecule has 0 spiro atoms. The number of aryl methyl sites for hydroxylation is 1. The largest absolute Gasteiger partial charge is 0.303 e. The summed E-state index contributed by atoms with van der Waals surface area (Å²) in [5.74, 6) is 4.44. The maximum Gasteiger partial charge on any atom is 0.117 e. The van der Waals surface area contributed by atoms with E-state index in [2.05, 4.69) is 46.4 Å². The number of thioether (sulfide) groups is 1. The topological polar surface area (TPSA) is 17.3 Å². The zero-order chi connectivity index (χ0) is 11.0. The molecule has 0 aromatic carbocycles.